The molecule has 2 aromatic carbocycles. The first kappa shape index (κ1) is 15.6. The number of sulfonamides is 1. The molecule has 0 saturated carbocycles. The molecule has 1 aromatic heterocycles. The smallest absolute Gasteiger partial charge is 0.268 e. The monoisotopic (exact) mass is 367 g/mol. The van der Waals surface area contributed by atoms with E-state index in [0.29, 0.717) is 12.2 Å². The molecule has 2 N–H and O–H groups in total. The molecule has 7 heteroatoms. The maximum atomic E-state index is 13.1. The molecule has 3 atom stereocenters. The summed E-state index contributed by atoms with van der Waals surface area (Å²) in [5, 5.41) is 3.74. The van der Waals surface area contributed by atoms with Gasteiger partial charge in [-0.1, -0.05) is 35.9 Å². The normalized spacial score (nSPS) is 24.5. The van der Waals surface area contributed by atoms with Crippen LogP contribution in [0.3, 0.4) is 0 Å². The summed E-state index contributed by atoms with van der Waals surface area (Å²) in [6, 6.07) is 13.9. The Morgan fingerprint density at radius 2 is 1.81 bits per heavy atom. The van der Waals surface area contributed by atoms with Gasteiger partial charge in [0.25, 0.3) is 5.91 Å². The predicted octanol–water partition coefficient (Wildman–Crippen LogP) is 2.33. The number of aromatic nitrogens is 1. The summed E-state index contributed by atoms with van der Waals surface area (Å²) in [7, 11) is -3.62. The quantitative estimate of drug-likeness (QED) is 0.682. The molecule has 3 heterocycles. The van der Waals surface area contributed by atoms with Crippen LogP contribution in [0.4, 0.5) is 0 Å². The van der Waals surface area contributed by atoms with E-state index in [4.69, 9.17) is 0 Å². The molecule has 0 aliphatic carbocycles. The molecular formula is C19H17N3O3S. The second kappa shape index (κ2) is 5.18. The summed E-state index contributed by atoms with van der Waals surface area (Å²) >= 11 is 0. The van der Waals surface area contributed by atoms with E-state index in [1.54, 1.807) is 24.3 Å². The van der Waals surface area contributed by atoms with Crippen molar-refractivity contribution in [3.63, 3.8) is 0 Å². The van der Waals surface area contributed by atoms with Crippen LogP contribution in [0.25, 0.3) is 10.9 Å². The standard InChI is InChI=1S/C19H17N3O3S/c1-11-6-8-12(9-7-11)26(24,25)22-15-10-20-19(23)17-16(18(15)22)13-4-2-3-5-14(13)21-17/h2-9,15,18,21H,10H2,1H3,(H,20,23)/t15-,18-,22?/m1/s1. The molecule has 1 fully saturated rings. The Labute approximate surface area is 150 Å². The largest absolute Gasteiger partial charge is 0.350 e. The van der Waals surface area contributed by atoms with Gasteiger partial charge >= 0.3 is 0 Å². The maximum absolute atomic E-state index is 13.1. The summed E-state index contributed by atoms with van der Waals surface area (Å²) < 4.78 is 27.8. The summed E-state index contributed by atoms with van der Waals surface area (Å²) in [6.45, 7) is 2.23. The minimum absolute atomic E-state index is 0.184. The molecule has 132 valence electrons. The van der Waals surface area contributed by atoms with E-state index in [1.807, 2.05) is 31.2 Å². The lowest BCUT2D eigenvalue weighted by molar-refractivity contribution is 0.0949. The molecule has 5 rings (SSSR count). The number of hydrogen-bond donors (Lipinski definition) is 2. The number of carbonyl (C=O) groups is 1. The molecule has 0 bridgehead atoms. The number of fused-ring (bicyclic) bond motifs is 5. The van der Waals surface area contributed by atoms with Gasteiger partial charge in [-0.25, -0.2) is 8.42 Å². The zero-order chi connectivity index (χ0) is 18.1. The number of nitrogens with one attached hydrogen (secondary N) is 2. The van der Waals surface area contributed by atoms with Crippen LogP contribution in [0.2, 0.25) is 0 Å². The van der Waals surface area contributed by atoms with Gasteiger partial charge in [0.2, 0.25) is 10.0 Å². The molecule has 1 amide bonds. The number of aryl methyl sites for hydroxylation is 1. The zero-order valence-corrected chi connectivity index (χ0v) is 14.9. The van der Waals surface area contributed by atoms with E-state index in [2.05, 4.69) is 10.3 Å². The van der Waals surface area contributed by atoms with Crippen LogP contribution in [0.15, 0.2) is 53.4 Å². The van der Waals surface area contributed by atoms with Gasteiger partial charge in [-0.05, 0) is 25.1 Å². The fourth-order valence-electron chi connectivity index (χ4n) is 3.87. The van der Waals surface area contributed by atoms with Gasteiger partial charge in [0, 0.05) is 23.0 Å². The molecule has 6 nitrogen and oxygen atoms in total. The van der Waals surface area contributed by atoms with Crippen LogP contribution in [0.1, 0.15) is 27.7 Å². The third kappa shape index (κ3) is 2.07. The van der Waals surface area contributed by atoms with Crippen molar-refractivity contribution in [2.75, 3.05) is 6.54 Å². The summed E-state index contributed by atoms with van der Waals surface area (Å²) in [5.74, 6) is -0.184. The highest BCUT2D eigenvalue weighted by Crippen LogP contribution is 2.51. The van der Waals surface area contributed by atoms with E-state index in [0.717, 1.165) is 22.0 Å². The first-order chi connectivity index (χ1) is 12.5. The summed E-state index contributed by atoms with van der Waals surface area (Å²) in [6.07, 6.45) is 0. The van der Waals surface area contributed by atoms with Gasteiger partial charge in [0.15, 0.2) is 0 Å². The van der Waals surface area contributed by atoms with Crippen molar-refractivity contribution in [3.05, 3.63) is 65.4 Å². The fourth-order valence-corrected chi connectivity index (χ4v) is 5.63. The average molecular weight is 367 g/mol. The van der Waals surface area contributed by atoms with Gasteiger partial charge in [-0.2, -0.15) is 4.31 Å². The lowest BCUT2D eigenvalue weighted by Gasteiger charge is -2.10. The van der Waals surface area contributed by atoms with Crippen molar-refractivity contribution in [1.29, 1.82) is 0 Å². The van der Waals surface area contributed by atoms with Gasteiger partial charge < -0.3 is 10.3 Å². The highest BCUT2D eigenvalue weighted by molar-refractivity contribution is 7.89. The Bertz CT molecular complexity index is 1150. The molecule has 1 saturated heterocycles. The molecule has 0 radical (unpaired) electrons. The lowest BCUT2D eigenvalue weighted by atomic mass is 10.1. The Kier molecular flexibility index (Phi) is 3.11. The highest BCUT2D eigenvalue weighted by Gasteiger charge is 2.59. The minimum Gasteiger partial charge on any atom is -0.350 e. The maximum Gasteiger partial charge on any atom is 0.268 e. The Balaban J connectivity index is 1.64. The molecule has 0 spiro atoms. The van der Waals surface area contributed by atoms with E-state index in [-0.39, 0.29) is 22.9 Å². The first-order valence-corrected chi connectivity index (χ1v) is 9.91. The van der Waals surface area contributed by atoms with Crippen molar-refractivity contribution in [2.24, 2.45) is 0 Å². The second-order valence-electron chi connectivity index (χ2n) is 6.83. The number of para-hydroxylation sites is 1. The Hall–Kier alpha value is -2.64. The number of amides is 1. The van der Waals surface area contributed by atoms with Gasteiger partial charge in [-0.15, -0.1) is 0 Å². The SMILES string of the molecule is Cc1ccc(S(=O)(=O)N2[C@@H]3CNC(=O)c4[nH]c5ccccc5c4[C@@H]32)cc1. The van der Waals surface area contributed by atoms with Gasteiger partial charge in [0.1, 0.15) is 5.69 Å². The molecule has 3 aromatic rings. The Morgan fingerprint density at radius 3 is 2.58 bits per heavy atom. The number of rotatable bonds is 2. The van der Waals surface area contributed by atoms with Crippen LogP contribution < -0.4 is 5.32 Å². The zero-order valence-electron chi connectivity index (χ0n) is 14.1. The van der Waals surface area contributed by atoms with E-state index in [1.165, 1.54) is 4.31 Å². The van der Waals surface area contributed by atoms with Gasteiger partial charge in [0.05, 0.1) is 17.0 Å². The highest BCUT2D eigenvalue weighted by atomic mass is 32.2. The third-order valence-corrected chi connectivity index (χ3v) is 7.13. The number of hydrogen-bond acceptors (Lipinski definition) is 3. The van der Waals surface area contributed by atoms with Crippen LogP contribution in [0.5, 0.6) is 0 Å². The first-order valence-electron chi connectivity index (χ1n) is 8.47. The predicted molar refractivity (Wildman–Crippen MR) is 97.4 cm³/mol. The number of H-pyrrole nitrogens is 1. The van der Waals surface area contributed by atoms with Crippen molar-refractivity contribution < 1.29 is 13.2 Å². The van der Waals surface area contributed by atoms with E-state index in [9.17, 15) is 13.2 Å². The van der Waals surface area contributed by atoms with Crippen molar-refractivity contribution in [1.82, 2.24) is 14.6 Å². The lowest BCUT2D eigenvalue weighted by Crippen LogP contribution is -2.30. The summed E-state index contributed by atoms with van der Waals surface area (Å²) in [4.78, 5) is 15.8. The topological polar surface area (TPSA) is 82.0 Å². The van der Waals surface area contributed by atoms with Crippen LogP contribution in [-0.2, 0) is 10.0 Å². The van der Waals surface area contributed by atoms with Crippen LogP contribution in [0, 0.1) is 6.92 Å². The van der Waals surface area contributed by atoms with Crippen molar-refractivity contribution in [3.8, 4) is 0 Å². The van der Waals surface area contributed by atoms with Crippen LogP contribution >= 0.6 is 0 Å². The molecule has 2 aliphatic heterocycles. The molecular weight excluding hydrogens is 350 g/mol. The molecule has 1 unspecified atom stereocenters. The van der Waals surface area contributed by atoms with Gasteiger partial charge in [-0.3, -0.25) is 4.79 Å². The van der Waals surface area contributed by atoms with E-state index >= 15 is 0 Å². The van der Waals surface area contributed by atoms with Crippen molar-refractivity contribution >= 4 is 26.8 Å². The summed E-state index contributed by atoms with van der Waals surface area (Å²) in [5.41, 5.74) is 3.08. The second-order valence-corrected chi connectivity index (χ2v) is 8.67. The Morgan fingerprint density at radius 1 is 1.08 bits per heavy atom. The third-order valence-electron chi connectivity index (χ3n) is 5.21. The van der Waals surface area contributed by atoms with E-state index < -0.39 is 10.0 Å². The van der Waals surface area contributed by atoms with Crippen LogP contribution in [-0.4, -0.2) is 36.2 Å². The van der Waals surface area contributed by atoms with Crippen molar-refractivity contribution in [2.45, 2.75) is 23.9 Å². The number of benzene rings is 2. The number of aromatic amines is 1. The fraction of sp³-hybridized carbons (Fsp3) is 0.211. The molecule has 26 heavy (non-hydrogen) atoms. The average Bonchev–Trinajstić information content (AvgIpc) is 3.26. The number of nitrogens with zero attached hydrogens (tertiary/aromatic N) is 1. The molecule has 2 aliphatic rings. The minimum atomic E-state index is -3.62. The number of carbonyl (C=O) groups excluding carboxylic acids is 1.